The number of halogens is 2. The summed E-state index contributed by atoms with van der Waals surface area (Å²) in [5.74, 6) is -1.88. The van der Waals surface area contributed by atoms with E-state index in [9.17, 15) is 17.2 Å². The third-order valence-corrected chi connectivity index (χ3v) is 5.57. The van der Waals surface area contributed by atoms with Gasteiger partial charge in [-0.25, -0.2) is 17.2 Å². The molecular formula is C16H15F2NO3S. The van der Waals surface area contributed by atoms with Crippen LogP contribution in [0.5, 0.6) is 5.75 Å². The Morgan fingerprint density at radius 2 is 1.78 bits per heavy atom. The third kappa shape index (κ3) is 3.20. The highest BCUT2D eigenvalue weighted by atomic mass is 32.2. The number of benzene rings is 2. The molecule has 0 amide bonds. The third-order valence-electron chi connectivity index (χ3n) is 3.69. The van der Waals surface area contributed by atoms with Crippen LogP contribution in [-0.2, 0) is 10.0 Å². The van der Waals surface area contributed by atoms with E-state index in [0.717, 1.165) is 16.4 Å². The Morgan fingerprint density at radius 1 is 1.04 bits per heavy atom. The Kier molecular flexibility index (Phi) is 4.32. The second-order valence-corrected chi connectivity index (χ2v) is 7.16. The minimum atomic E-state index is -4.08. The Balaban J connectivity index is 1.76. The van der Waals surface area contributed by atoms with Gasteiger partial charge in [-0.15, -0.1) is 0 Å². The number of nitrogens with zero attached hydrogens (tertiary/aromatic N) is 1. The lowest BCUT2D eigenvalue weighted by Crippen LogP contribution is -2.31. The van der Waals surface area contributed by atoms with Crippen molar-refractivity contribution in [2.24, 2.45) is 0 Å². The molecule has 1 atom stereocenters. The molecule has 0 saturated carbocycles. The largest absolute Gasteiger partial charge is 0.489 e. The van der Waals surface area contributed by atoms with E-state index in [1.165, 1.54) is 6.07 Å². The van der Waals surface area contributed by atoms with Crippen molar-refractivity contribution in [2.75, 3.05) is 13.1 Å². The van der Waals surface area contributed by atoms with Crippen LogP contribution in [0.15, 0.2) is 53.4 Å². The van der Waals surface area contributed by atoms with Crippen LogP contribution in [0, 0.1) is 11.6 Å². The molecule has 23 heavy (non-hydrogen) atoms. The predicted molar refractivity (Wildman–Crippen MR) is 80.6 cm³/mol. The van der Waals surface area contributed by atoms with Crippen molar-refractivity contribution in [1.82, 2.24) is 4.31 Å². The molecule has 1 aliphatic rings. The standard InChI is InChI=1S/C16H15F2NO3S/c17-14-7-4-8-15(16(14)18)23(20,21)19-10-9-13(11-19)22-12-5-2-1-3-6-12/h1-8,13H,9-11H2/t13-/m1/s1. The smallest absolute Gasteiger partial charge is 0.246 e. The minimum Gasteiger partial charge on any atom is -0.489 e. The number of rotatable bonds is 4. The Labute approximate surface area is 133 Å². The average Bonchev–Trinajstić information content (AvgIpc) is 3.00. The molecule has 0 radical (unpaired) electrons. The normalized spacial score (nSPS) is 19.0. The van der Waals surface area contributed by atoms with Gasteiger partial charge in [-0.2, -0.15) is 4.31 Å². The van der Waals surface area contributed by atoms with Gasteiger partial charge in [0.25, 0.3) is 0 Å². The molecule has 0 aliphatic carbocycles. The predicted octanol–water partition coefficient (Wildman–Crippen LogP) is 2.81. The molecule has 0 N–H and O–H groups in total. The van der Waals surface area contributed by atoms with Gasteiger partial charge in [0.15, 0.2) is 11.6 Å². The summed E-state index contributed by atoms with van der Waals surface area (Å²) in [6.07, 6.45) is 0.175. The van der Waals surface area contributed by atoms with Crippen molar-refractivity contribution in [3.05, 3.63) is 60.2 Å². The first-order valence-corrected chi connectivity index (χ1v) is 8.58. The van der Waals surface area contributed by atoms with Crippen LogP contribution in [-0.4, -0.2) is 31.9 Å². The van der Waals surface area contributed by atoms with Crippen molar-refractivity contribution < 1.29 is 21.9 Å². The lowest BCUT2D eigenvalue weighted by molar-refractivity contribution is 0.215. The van der Waals surface area contributed by atoms with E-state index in [4.69, 9.17) is 4.74 Å². The summed E-state index contributed by atoms with van der Waals surface area (Å²) in [6, 6.07) is 12.2. The SMILES string of the molecule is O=S(=O)(c1cccc(F)c1F)N1CC[C@@H](Oc2ccccc2)C1. The molecule has 0 spiro atoms. The zero-order valence-electron chi connectivity index (χ0n) is 12.2. The first-order valence-electron chi connectivity index (χ1n) is 7.14. The van der Waals surface area contributed by atoms with Crippen LogP contribution >= 0.6 is 0 Å². The molecule has 4 nitrogen and oxygen atoms in total. The van der Waals surface area contributed by atoms with Crippen LogP contribution in [0.2, 0.25) is 0 Å². The van der Waals surface area contributed by atoms with Crippen LogP contribution in [0.4, 0.5) is 8.78 Å². The number of para-hydroxylation sites is 1. The zero-order chi connectivity index (χ0) is 16.4. The van der Waals surface area contributed by atoms with E-state index in [-0.39, 0.29) is 19.2 Å². The topological polar surface area (TPSA) is 46.6 Å². The quantitative estimate of drug-likeness (QED) is 0.860. The highest BCUT2D eigenvalue weighted by Crippen LogP contribution is 2.26. The fourth-order valence-corrected chi connectivity index (χ4v) is 4.09. The first-order chi connectivity index (χ1) is 11.0. The molecule has 1 saturated heterocycles. The highest BCUT2D eigenvalue weighted by Gasteiger charge is 2.35. The van der Waals surface area contributed by atoms with Crippen LogP contribution in [0.25, 0.3) is 0 Å². The van der Waals surface area contributed by atoms with Crippen molar-refractivity contribution in [1.29, 1.82) is 0 Å². The molecular weight excluding hydrogens is 324 g/mol. The number of sulfonamides is 1. The Hall–Kier alpha value is -1.99. The van der Waals surface area contributed by atoms with E-state index in [0.29, 0.717) is 12.2 Å². The van der Waals surface area contributed by atoms with Crippen molar-refractivity contribution in [3.63, 3.8) is 0 Å². The van der Waals surface area contributed by atoms with Crippen molar-refractivity contribution in [3.8, 4) is 5.75 Å². The summed E-state index contributed by atoms with van der Waals surface area (Å²) >= 11 is 0. The number of ether oxygens (including phenoxy) is 1. The molecule has 3 rings (SSSR count). The Bertz CT molecular complexity index is 796. The van der Waals surface area contributed by atoms with Crippen LogP contribution in [0.3, 0.4) is 0 Å². The summed E-state index contributed by atoms with van der Waals surface area (Å²) in [5, 5.41) is 0. The average molecular weight is 339 g/mol. The zero-order valence-corrected chi connectivity index (χ0v) is 13.0. The van der Waals surface area contributed by atoms with Gasteiger partial charge in [-0.3, -0.25) is 0 Å². The molecule has 1 heterocycles. The monoisotopic (exact) mass is 339 g/mol. The maximum absolute atomic E-state index is 13.8. The molecule has 0 unspecified atom stereocenters. The van der Waals surface area contributed by atoms with Crippen molar-refractivity contribution >= 4 is 10.0 Å². The molecule has 1 aliphatic heterocycles. The van der Waals surface area contributed by atoms with Gasteiger partial charge in [0.1, 0.15) is 16.7 Å². The molecule has 2 aromatic rings. The Morgan fingerprint density at radius 3 is 2.52 bits per heavy atom. The lowest BCUT2D eigenvalue weighted by atomic mass is 10.3. The van der Waals surface area contributed by atoms with Gasteiger partial charge in [-0.05, 0) is 30.7 Å². The summed E-state index contributed by atoms with van der Waals surface area (Å²) in [7, 11) is -4.08. The summed E-state index contributed by atoms with van der Waals surface area (Å²) < 4.78 is 58.8. The van der Waals surface area contributed by atoms with Gasteiger partial charge in [0, 0.05) is 6.54 Å². The molecule has 2 aromatic carbocycles. The maximum Gasteiger partial charge on any atom is 0.246 e. The van der Waals surface area contributed by atoms with E-state index < -0.39 is 26.6 Å². The molecule has 122 valence electrons. The van der Waals surface area contributed by atoms with Crippen molar-refractivity contribution in [2.45, 2.75) is 17.4 Å². The molecule has 7 heteroatoms. The fraction of sp³-hybridized carbons (Fsp3) is 0.250. The molecule has 1 fully saturated rings. The fourth-order valence-electron chi connectivity index (χ4n) is 2.53. The number of hydrogen-bond donors (Lipinski definition) is 0. The maximum atomic E-state index is 13.8. The van der Waals surface area contributed by atoms with Gasteiger partial charge in [0.2, 0.25) is 10.0 Å². The molecule has 0 aromatic heterocycles. The highest BCUT2D eigenvalue weighted by molar-refractivity contribution is 7.89. The van der Waals surface area contributed by atoms with Gasteiger partial charge in [-0.1, -0.05) is 24.3 Å². The van der Waals surface area contributed by atoms with Gasteiger partial charge < -0.3 is 4.74 Å². The van der Waals surface area contributed by atoms with Crippen LogP contribution in [0.1, 0.15) is 6.42 Å². The summed E-state index contributed by atoms with van der Waals surface area (Å²) in [5.41, 5.74) is 0. The first kappa shape index (κ1) is 15.9. The summed E-state index contributed by atoms with van der Waals surface area (Å²) in [4.78, 5) is -0.641. The van der Waals surface area contributed by atoms with Gasteiger partial charge in [0.05, 0.1) is 6.54 Å². The van der Waals surface area contributed by atoms with Crippen LogP contribution < -0.4 is 4.74 Å². The second kappa shape index (κ2) is 6.25. The van der Waals surface area contributed by atoms with E-state index >= 15 is 0 Å². The van der Waals surface area contributed by atoms with E-state index in [2.05, 4.69) is 0 Å². The van der Waals surface area contributed by atoms with E-state index in [1.807, 2.05) is 18.2 Å². The molecule has 0 bridgehead atoms. The minimum absolute atomic E-state index is 0.104. The van der Waals surface area contributed by atoms with E-state index in [1.54, 1.807) is 12.1 Å². The lowest BCUT2D eigenvalue weighted by Gasteiger charge is -2.17. The number of hydrogen-bond acceptors (Lipinski definition) is 3. The van der Waals surface area contributed by atoms with Gasteiger partial charge >= 0.3 is 0 Å². The second-order valence-electron chi connectivity index (χ2n) is 5.26. The summed E-state index contributed by atoms with van der Waals surface area (Å²) in [6.45, 7) is 0.308.